The highest BCUT2D eigenvalue weighted by Crippen LogP contribution is 2.54. The first-order chi connectivity index (χ1) is 17.7. The van der Waals surface area contributed by atoms with Crippen molar-refractivity contribution in [2.45, 2.75) is 69.4 Å². The van der Waals surface area contributed by atoms with Crippen molar-refractivity contribution in [3.63, 3.8) is 0 Å². The van der Waals surface area contributed by atoms with Crippen LogP contribution in [0, 0.1) is 0 Å². The molecule has 2 rings (SSSR count). The van der Waals surface area contributed by atoms with E-state index in [4.69, 9.17) is 9.47 Å². The van der Waals surface area contributed by atoms with Crippen molar-refractivity contribution >= 4 is 0 Å². The third-order valence-electron chi connectivity index (χ3n) is 5.28. The number of hydrogen-bond acceptors (Lipinski definition) is 4. The fraction of sp³-hybridized carbons (Fsp3) is 0.520. The van der Waals surface area contributed by atoms with E-state index in [1.54, 1.807) is 24.3 Å². The second kappa shape index (κ2) is 13.2. The van der Waals surface area contributed by atoms with E-state index in [-0.39, 0.29) is 18.8 Å². The van der Waals surface area contributed by atoms with Gasteiger partial charge in [0, 0.05) is 12.0 Å². The second-order valence-corrected chi connectivity index (χ2v) is 8.32. The van der Waals surface area contributed by atoms with Gasteiger partial charge in [-0.1, -0.05) is 25.5 Å². The van der Waals surface area contributed by atoms with Crippen molar-refractivity contribution in [1.82, 2.24) is 9.97 Å². The summed E-state index contributed by atoms with van der Waals surface area (Å²) in [5.74, 6) is -17.9. The van der Waals surface area contributed by atoms with Crippen LogP contribution in [0.5, 0.6) is 11.5 Å². The highest BCUT2D eigenvalue weighted by molar-refractivity contribution is 5.56. The summed E-state index contributed by atoms with van der Waals surface area (Å²) in [6.45, 7) is 2.32. The maximum absolute atomic E-state index is 13.5. The topological polar surface area (TPSA) is 44.2 Å². The molecule has 2 aromatic rings. The molecule has 212 valence electrons. The predicted octanol–water partition coefficient (Wildman–Crippen LogP) is 8.29. The predicted molar refractivity (Wildman–Crippen MR) is 122 cm³/mol. The van der Waals surface area contributed by atoms with Crippen LogP contribution in [0.3, 0.4) is 0 Å². The van der Waals surface area contributed by atoms with E-state index >= 15 is 0 Å². The van der Waals surface area contributed by atoms with E-state index in [0.29, 0.717) is 23.7 Å². The van der Waals surface area contributed by atoms with Crippen molar-refractivity contribution in [3.05, 3.63) is 48.8 Å². The molecule has 1 aromatic carbocycles. The van der Waals surface area contributed by atoms with Gasteiger partial charge in [0.15, 0.2) is 11.6 Å². The standard InChI is InChI=1S/C25H27F9N2O2/c1-2-3-4-5-7-14-37-19-11-9-18(10-12-19)21-35-16-20(17-36-21)38-15-8-6-13-22(26,27)23(28,29)24(30,31)25(32,33)34/h4-5,9-12,16-17H,2-3,6-8,13-15H2,1H3. The van der Waals surface area contributed by atoms with Gasteiger partial charge >= 0.3 is 23.9 Å². The van der Waals surface area contributed by atoms with Gasteiger partial charge < -0.3 is 9.47 Å². The number of benzene rings is 1. The lowest BCUT2D eigenvalue weighted by Gasteiger charge is -2.33. The number of allylic oxidation sites excluding steroid dienone is 1. The highest BCUT2D eigenvalue weighted by atomic mass is 19.4. The van der Waals surface area contributed by atoms with E-state index in [2.05, 4.69) is 29.0 Å². The lowest BCUT2D eigenvalue weighted by atomic mass is 9.99. The molecule has 1 heterocycles. The van der Waals surface area contributed by atoms with E-state index in [9.17, 15) is 39.5 Å². The maximum Gasteiger partial charge on any atom is 0.460 e. The molecule has 1 aromatic heterocycles. The molecule has 4 nitrogen and oxygen atoms in total. The van der Waals surface area contributed by atoms with Crippen molar-refractivity contribution in [2.24, 2.45) is 0 Å². The molecule has 0 amide bonds. The highest BCUT2D eigenvalue weighted by Gasteiger charge is 2.81. The lowest BCUT2D eigenvalue weighted by Crippen LogP contribution is -2.60. The summed E-state index contributed by atoms with van der Waals surface area (Å²) < 4.78 is 127. The average molecular weight is 558 g/mol. The molecular formula is C25H27F9N2O2. The molecule has 0 spiro atoms. The lowest BCUT2D eigenvalue weighted by molar-refractivity contribution is -0.396. The summed E-state index contributed by atoms with van der Waals surface area (Å²) in [7, 11) is 0. The Bertz CT molecular complexity index is 1010. The van der Waals surface area contributed by atoms with Crippen LogP contribution in [0.2, 0.25) is 0 Å². The van der Waals surface area contributed by atoms with Gasteiger partial charge in [-0.2, -0.15) is 39.5 Å². The average Bonchev–Trinajstić information content (AvgIpc) is 2.86. The number of unbranched alkanes of at least 4 members (excludes halogenated alkanes) is 2. The summed E-state index contributed by atoms with van der Waals surface area (Å²) in [4.78, 5) is 8.22. The maximum atomic E-state index is 13.5. The molecule has 0 radical (unpaired) electrons. The zero-order valence-corrected chi connectivity index (χ0v) is 20.4. The molecule has 13 heteroatoms. The molecule has 0 atom stereocenters. The number of aromatic nitrogens is 2. The van der Waals surface area contributed by atoms with Crippen molar-refractivity contribution in [1.29, 1.82) is 0 Å². The molecule has 0 bridgehead atoms. The molecule has 0 saturated carbocycles. The Labute approximate surface area is 213 Å². The minimum absolute atomic E-state index is 0.116. The monoisotopic (exact) mass is 558 g/mol. The van der Waals surface area contributed by atoms with Gasteiger partial charge in [-0.15, -0.1) is 0 Å². The fourth-order valence-corrected chi connectivity index (χ4v) is 3.09. The van der Waals surface area contributed by atoms with Crippen LogP contribution in [0.4, 0.5) is 39.5 Å². The summed E-state index contributed by atoms with van der Waals surface area (Å²) in [6.07, 6.45) is -0.208. The number of rotatable bonds is 15. The van der Waals surface area contributed by atoms with Gasteiger partial charge in [-0.05, 0) is 49.9 Å². The van der Waals surface area contributed by atoms with Crippen LogP contribution in [0.15, 0.2) is 48.8 Å². The third kappa shape index (κ3) is 8.00. The van der Waals surface area contributed by atoms with Gasteiger partial charge in [-0.25, -0.2) is 9.97 Å². The van der Waals surface area contributed by atoms with E-state index in [0.717, 1.165) is 19.3 Å². The number of alkyl halides is 9. The van der Waals surface area contributed by atoms with Crippen LogP contribution in [0.1, 0.15) is 45.4 Å². The van der Waals surface area contributed by atoms with E-state index < -0.39 is 36.8 Å². The molecule has 0 aliphatic rings. The van der Waals surface area contributed by atoms with Crippen LogP contribution in [-0.4, -0.2) is 47.1 Å². The Morgan fingerprint density at radius 3 is 1.87 bits per heavy atom. The smallest absolute Gasteiger partial charge is 0.460 e. The Morgan fingerprint density at radius 2 is 1.29 bits per heavy atom. The SMILES string of the molecule is CCCC=CCCOc1ccc(-c2ncc(OCCCCC(F)(F)C(F)(F)C(F)(F)C(F)(F)F)cn2)cc1. The normalized spacial score (nSPS) is 13.2. The van der Waals surface area contributed by atoms with Crippen molar-refractivity contribution in [2.75, 3.05) is 13.2 Å². The van der Waals surface area contributed by atoms with E-state index in [1.807, 2.05) is 0 Å². The summed E-state index contributed by atoms with van der Waals surface area (Å²) in [5, 5.41) is 0. The zero-order valence-electron chi connectivity index (χ0n) is 20.4. The Kier molecular flexibility index (Phi) is 10.8. The minimum atomic E-state index is -6.88. The quantitative estimate of drug-likeness (QED) is 0.125. The van der Waals surface area contributed by atoms with Gasteiger partial charge in [-0.3, -0.25) is 0 Å². The molecule has 0 aliphatic carbocycles. The van der Waals surface area contributed by atoms with Crippen molar-refractivity contribution < 1.29 is 49.0 Å². The number of hydrogen-bond donors (Lipinski definition) is 0. The molecule has 38 heavy (non-hydrogen) atoms. The second-order valence-electron chi connectivity index (χ2n) is 8.32. The number of ether oxygens (including phenoxy) is 2. The van der Waals surface area contributed by atoms with Crippen LogP contribution >= 0.6 is 0 Å². The molecular weight excluding hydrogens is 531 g/mol. The van der Waals surface area contributed by atoms with Gasteiger partial charge in [0.2, 0.25) is 0 Å². The molecule has 0 fully saturated rings. The first-order valence-electron chi connectivity index (χ1n) is 11.8. The zero-order chi connectivity index (χ0) is 28.5. The molecule has 0 N–H and O–H groups in total. The minimum Gasteiger partial charge on any atom is -0.493 e. The third-order valence-corrected chi connectivity index (χ3v) is 5.28. The van der Waals surface area contributed by atoms with Gasteiger partial charge in [0.1, 0.15) is 5.75 Å². The van der Waals surface area contributed by atoms with Gasteiger partial charge in [0.25, 0.3) is 0 Å². The fourth-order valence-electron chi connectivity index (χ4n) is 3.09. The summed E-state index contributed by atoms with van der Waals surface area (Å²) >= 11 is 0. The Morgan fingerprint density at radius 1 is 0.711 bits per heavy atom. The molecule has 0 unspecified atom stereocenters. The molecule has 0 saturated heterocycles. The van der Waals surface area contributed by atoms with Gasteiger partial charge in [0.05, 0.1) is 25.6 Å². The Hall–Kier alpha value is -2.99. The largest absolute Gasteiger partial charge is 0.493 e. The van der Waals surface area contributed by atoms with Crippen molar-refractivity contribution in [3.8, 4) is 22.9 Å². The van der Waals surface area contributed by atoms with Crippen LogP contribution < -0.4 is 9.47 Å². The first kappa shape index (κ1) is 31.2. The van der Waals surface area contributed by atoms with E-state index in [1.165, 1.54) is 12.4 Å². The van der Waals surface area contributed by atoms with Crippen LogP contribution in [-0.2, 0) is 0 Å². The first-order valence-corrected chi connectivity index (χ1v) is 11.8. The number of nitrogens with zero attached hydrogens (tertiary/aromatic N) is 2. The Balaban J connectivity index is 1.79. The number of halogens is 9. The molecule has 0 aliphatic heterocycles. The summed E-state index contributed by atoms with van der Waals surface area (Å²) in [6, 6.07) is 7.00. The van der Waals surface area contributed by atoms with Crippen LogP contribution in [0.25, 0.3) is 11.4 Å². The summed E-state index contributed by atoms with van der Waals surface area (Å²) in [5.41, 5.74) is 0.672.